The number of benzene rings is 1. The summed E-state index contributed by atoms with van der Waals surface area (Å²) in [5, 5.41) is 0. The van der Waals surface area contributed by atoms with E-state index in [-0.39, 0.29) is 23.1 Å². The lowest BCUT2D eigenvalue weighted by Gasteiger charge is -2.22. The van der Waals surface area contributed by atoms with E-state index in [1.165, 1.54) is 26.2 Å². The lowest BCUT2D eigenvalue weighted by atomic mass is 10.0. The maximum absolute atomic E-state index is 12.5. The molecule has 0 fully saturated rings. The number of aliphatic imine (C=N–C) groups is 1. The molecule has 23 heavy (non-hydrogen) atoms. The molecule has 126 valence electrons. The fourth-order valence-electron chi connectivity index (χ4n) is 2.32. The van der Waals surface area contributed by atoms with Gasteiger partial charge in [0.15, 0.2) is 5.44 Å². The van der Waals surface area contributed by atoms with Gasteiger partial charge in [-0.15, -0.1) is 0 Å². The van der Waals surface area contributed by atoms with Gasteiger partial charge in [0.05, 0.1) is 24.7 Å². The predicted octanol–water partition coefficient (Wildman–Crippen LogP) is 2.22. The van der Waals surface area contributed by atoms with E-state index in [0.717, 1.165) is 4.47 Å². The zero-order valence-corrected chi connectivity index (χ0v) is 15.4. The van der Waals surface area contributed by atoms with Crippen LogP contribution in [0.3, 0.4) is 0 Å². The Morgan fingerprint density at radius 2 is 1.96 bits per heavy atom. The molecule has 1 aromatic rings. The number of nitrogens with zero attached hydrogens (tertiary/aromatic N) is 1. The van der Waals surface area contributed by atoms with E-state index < -0.39 is 27.3 Å². The second kappa shape index (κ2) is 7.11. The first-order chi connectivity index (χ1) is 10.8. The minimum absolute atomic E-state index is 0.188. The summed E-state index contributed by atoms with van der Waals surface area (Å²) in [6, 6.07) is 6.37. The van der Waals surface area contributed by atoms with Crippen LogP contribution in [0.1, 0.15) is 13.8 Å². The number of carbonyl (C=O) groups is 1. The van der Waals surface area contributed by atoms with E-state index >= 15 is 0 Å². The Balaban J connectivity index is 2.09. The van der Waals surface area contributed by atoms with Crippen molar-refractivity contribution in [3.8, 4) is 0 Å². The normalized spacial score (nSPS) is 22.5. The van der Waals surface area contributed by atoms with Crippen molar-refractivity contribution in [2.24, 2.45) is 10.9 Å². The number of hydrogen-bond donors (Lipinski definition) is 0. The van der Waals surface area contributed by atoms with Crippen molar-refractivity contribution in [1.82, 2.24) is 0 Å². The van der Waals surface area contributed by atoms with Crippen molar-refractivity contribution in [1.29, 1.82) is 0 Å². The van der Waals surface area contributed by atoms with Gasteiger partial charge in [0.1, 0.15) is 5.71 Å². The molecule has 0 saturated carbocycles. The Morgan fingerprint density at radius 1 is 1.35 bits per heavy atom. The molecular weight excluding hydrogens is 386 g/mol. The van der Waals surface area contributed by atoms with Crippen LogP contribution in [-0.4, -0.2) is 45.3 Å². The summed E-state index contributed by atoms with van der Waals surface area (Å²) in [4.78, 5) is 15.9. The monoisotopic (exact) mass is 403 g/mol. The smallest absolute Gasteiger partial charge is 0.352 e. The average molecular weight is 404 g/mol. The quantitative estimate of drug-likeness (QED) is 0.703. The topological polar surface area (TPSA) is 82.0 Å². The van der Waals surface area contributed by atoms with Crippen LogP contribution in [-0.2, 0) is 24.1 Å². The molecule has 6 nitrogen and oxygen atoms in total. The summed E-state index contributed by atoms with van der Waals surface area (Å²) < 4.78 is 36.2. The lowest BCUT2D eigenvalue weighted by molar-refractivity contribution is -0.133. The van der Waals surface area contributed by atoms with E-state index in [2.05, 4.69) is 25.7 Å². The number of halogens is 1. The molecule has 1 heterocycles. The number of ether oxygens (including phenoxy) is 2. The molecule has 1 aliphatic rings. The van der Waals surface area contributed by atoms with Crippen LogP contribution < -0.4 is 0 Å². The first-order valence-electron chi connectivity index (χ1n) is 7.05. The standard InChI is InChI=1S/C15H18BrNO5S/c1-9-13(8-17-14(9)15(18)21-3)22-10(2)23(19,20)12-6-4-11(16)5-7-12/h4-7,9-10,13H,8H2,1-3H3/t9-,10?,13+/m1/s1. The first-order valence-corrected chi connectivity index (χ1v) is 9.39. The highest BCUT2D eigenvalue weighted by atomic mass is 79.9. The molecule has 8 heteroatoms. The molecular formula is C15H18BrNO5S. The number of hydrogen-bond acceptors (Lipinski definition) is 6. The second-order valence-corrected chi connectivity index (χ2v) is 8.39. The van der Waals surface area contributed by atoms with Gasteiger partial charge < -0.3 is 9.47 Å². The molecule has 1 unspecified atom stereocenters. The van der Waals surface area contributed by atoms with Crippen molar-refractivity contribution in [3.63, 3.8) is 0 Å². The minimum Gasteiger partial charge on any atom is -0.465 e. The van der Waals surface area contributed by atoms with Crippen LogP contribution in [0, 0.1) is 5.92 Å². The van der Waals surface area contributed by atoms with Gasteiger partial charge in [-0.1, -0.05) is 22.9 Å². The molecule has 0 aliphatic carbocycles. The van der Waals surface area contributed by atoms with Crippen molar-refractivity contribution >= 4 is 37.4 Å². The molecule has 0 saturated heterocycles. The van der Waals surface area contributed by atoms with Crippen molar-refractivity contribution in [2.45, 2.75) is 30.3 Å². The van der Waals surface area contributed by atoms with Crippen molar-refractivity contribution < 1.29 is 22.7 Å². The number of esters is 1. The number of methoxy groups -OCH3 is 1. The Labute approximate surface area is 143 Å². The summed E-state index contributed by atoms with van der Waals surface area (Å²) in [6.45, 7) is 3.50. The molecule has 0 bridgehead atoms. The molecule has 0 N–H and O–H groups in total. The van der Waals surface area contributed by atoms with Crippen molar-refractivity contribution in [3.05, 3.63) is 28.7 Å². The fourth-order valence-corrected chi connectivity index (χ4v) is 3.77. The zero-order valence-electron chi connectivity index (χ0n) is 13.0. The summed E-state index contributed by atoms with van der Waals surface area (Å²) in [7, 11) is -2.34. The molecule has 0 aromatic heterocycles. The summed E-state index contributed by atoms with van der Waals surface area (Å²) in [6.07, 6.45) is -0.468. The zero-order chi connectivity index (χ0) is 17.2. The third-order valence-electron chi connectivity index (χ3n) is 3.77. The molecule has 2 rings (SSSR count). The molecule has 1 aromatic carbocycles. The number of sulfone groups is 1. The van der Waals surface area contributed by atoms with E-state index in [1.807, 2.05) is 0 Å². The third kappa shape index (κ3) is 3.81. The molecule has 0 spiro atoms. The van der Waals surface area contributed by atoms with Crippen LogP contribution in [0.15, 0.2) is 38.6 Å². The van der Waals surface area contributed by atoms with Crippen LogP contribution in [0.25, 0.3) is 0 Å². The van der Waals surface area contributed by atoms with Gasteiger partial charge in [-0.3, -0.25) is 4.99 Å². The lowest BCUT2D eigenvalue weighted by Crippen LogP contribution is -2.34. The number of carbonyl (C=O) groups excluding carboxylic acids is 1. The van der Waals surface area contributed by atoms with E-state index in [1.54, 1.807) is 19.1 Å². The highest BCUT2D eigenvalue weighted by Gasteiger charge is 2.36. The third-order valence-corrected chi connectivity index (χ3v) is 6.21. The summed E-state index contributed by atoms with van der Waals surface area (Å²) in [5.74, 6) is -0.822. The average Bonchev–Trinajstić information content (AvgIpc) is 2.88. The van der Waals surface area contributed by atoms with Gasteiger partial charge in [-0.2, -0.15) is 0 Å². The first kappa shape index (κ1) is 18.1. The van der Waals surface area contributed by atoms with Crippen LogP contribution in [0.5, 0.6) is 0 Å². The maximum Gasteiger partial charge on any atom is 0.352 e. The van der Waals surface area contributed by atoms with Crippen LogP contribution in [0.4, 0.5) is 0 Å². The second-order valence-electron chi connectivity index (χ2n) is 5.25. The molecule has 1 aliphatic heterocycles. The van der Waals surface area contributed by atoms with Gasteiger partial charge in [-0.25, -0.2) is 13.2 Å². The highest BCUT2D eigenvalue weighted by Crippen LogP contribution is 2.25. The maximum atomic E-state index is 12.5. The summed E-state index contributed by atoms with van der Waals surface area (Å²) in [5.41, 5.74) is -0.755. The summed E-state index contributed by atoms with van der Waals surface area (Å²) >= 11 is 3.27. The molecule has 0 amide bonds. The van der Waals surface area contributed by atoms with Gasteiger partial charge in [0, 0.05) is 10.4 Å². The van der Waals surface area contributed by atoms with Gasteiger partial charge in [-0.05, 0) is 31.2 Å². The van der Waals surface area contributed by atoms with E-state index in [4.69, 9.17) is 4.74 Å². The highest BCUT2D eigenvalue weighted by molar-refractivity contribution is 9.10. The Bertz CT molecular complexity index is 714. The Morgan fingerprint density at radius 3 is 2.52 bits per heavy atom. The Kier molecular flexibility index (Phi) is 5.59. The fraction of sp³-hybridized carbons (Fsp3) is 0.467. The van der Waals surface area contributed by atoms with Crippen molar-refractivity contribution in [2.75, 3.05) is 13.7 Å². The molecule has 3 atom stereocenters. The minimum atomic E-state index is -3.62. The Hall–Kier alpha value is -1.25. The SMILES string of the molecule is COC(=O)C1=NC[C@H](OC(C)S(=O)(=O)c2ccc(Br)cc2)[C@H]1C. The predicted molar refractivity (Wildman–Crippen MR) is 89.1 cm³/mol. The van der Waals surface area contributed by atoms with Gasteiger partial charge >= 0.3 is 5.97 Å². The van der Waals surface area contributed by atoms with Gasteiger partial charge in [0.2, 0.25) is 9.84 Å². The largest absolute Gasteiger partial charge is 0.465 e. The molecule has 0 radical (unpaired) electrons. The van der Waals surface area contributed by atoms with E-state index in [9.17, 15) is 13.2 Å². The van der Waals surface area contributed by atoms with Gasteiger partial charge in [0.25, 0.3) is 0 Å². The van der Waals surface area contributed by atoms with Crippen LogP contribution in [0.2, 0.25) is 0 Å². The van der Waals surface area contributed by atoms with E-state index in [0.29, 0.717) is 0 Å². The number of rotatable bonds is 5. The van der Waals surface area contributed by atoms with Crippen LogP contribution >= 0.6 is 15.9 Å².